The number of rotatable bonds is 3. The van der Waals surface area contributed by atoms with Crippen molar-refractivity contribution in [2.45, 2.75) is 20.8 Å². The molecule has 0 saturated heterocycles. The lowest BCUT2D eigenvalue weighted by Crippen LogP contribution is -2.06. The molecule has 0 saturated carbocycles. The fourth-order valence-electron chi connectivity index (χ4n) is 1.76. The SMILES string of the molecule is CCNc1nc(C)c(C)nc1-c1cc(Cl)ccc1Cl. The molecule has 5 heteroatoms. The second kappa shape index (κ2) is 5.76. The van der Waals surface area contributed by atoms with Crippen LogP contribution in [0.1, 0.15) is 18.3 Å². The number of halogens is 2. The van der Waals surface area contributed by atoms with Crippen molar-refractivity contribution in [3.63, 3.8) is 0 Å². The van der Waals surface area contributed by atoms with Crippen molar-refractivity contribution in [1.29, 1.82) is 0 Å². The van der Waals surface area contributed by atoms with Crippen molar-refractivity contribution in [1.82, 2.24) is 9.97 Å². The Kier molecular flexibility index (Phi) is 4.27. The van der Waals surface area contributed by atoms with Crippen LogP contribution in [0.5, 0.6) is 0 Å². The molecule has 0 spiro atoms. The maximum atomic E-state index is 6.24. The topological polar surface area (TPSA) is 37.8 Å². The molecule has 0 atom stereocenters. The summed E-state index contributed by atoms with van der Waals surface area (Å²) in [5.74, 6) is 0.731. The Morgan fingerprint density at radius 2 is 1.79 bits per heavy atom. The molecule has 0 bridgehead atoms. The number of aromatic nitrogens is 2. The molecule has 0 aliphatic carbocycles. The van der Waals surface area contributed by atoms with Crippen molar-refractivity contribution in [2.24, 2.45) is 0 Å². The van der Waals surface area contributed by atoms with Gasteiger partial charge in [-0.2, -0.15) is 0 Å². The minimum Gasteiger partial charge on any atom is -0.369 e. The van der Waals surface area contributed by atoms with Gasteiger partial charge >= 0.3 is 0 Å². The summed E-state index contributed by atoms with van der Waals surface area (Å²) in [6, 6.07) is 5.34. The zero-order valence-electron chi connectivity index (χ0n) is 11.1. The van der Waals surface area contributed by atoms with Gasteiger partial charge in [-0.05, 0) is 39.0 Å². The van der Waals surface area contributed by atoms with Crippen LogP contribution >= 0.6 is 23.2 Å². The number of hydrogen-bond donors (Lipinski definition) is 1. The molecular formula is C14H15Cl2N3. The lowest BCUT2D eigenvalue weighted by Gasteiger charge is -2.13. The standard InChI is InChI=1S/C14H15Cl2N3/c1-4-17-14-13(18-8(2)9(3)19-14)11-7-10(15)5-6-12(11)16/h5-7H,4H2,1-3H3,(H,17,19). The third kappa shape index (κ3) is 2.99. The van der Waals surface area contributed by atoms with E-state index in [2.05, 4.69) is 15.3 Å². The van der Waals surface area contributed by atoms with Crippen LogP contribution in [0.4, 0.5) is 5.82 Å². The Hall–Kier alpha value is -1.32. The zero-order chi connectivity index (χ0) is 14.0. The highest BCUT2D eigenvalue weighted by Gasteiger charge is 2.14. The summed E-state index contributed by atoms with van der Waals surface area (Å²) in [4.78, 5) is 9.13. The van der Waals surface area contributed by atoms with E-state index in [4.69, 9.17) is 23.2 Å². The summed E-state index contributed by atoms with van der Waals surface area (Å²) >= 11 is 12.3. The minimum absolute atomic E-state index is 0.612. The van der Waals surface area contributed by atoms with E-state index in [-0.39, 0.29) is 0 Å². The Labute approximate surface area is 123 Å². The lowest BCUT2D eigenvalue weighted by atomic mass is 10.1. The Balaban J connectivity index is 2.66. The van der Waals surface area contributed by atoms with Crippen molar-refractivity contribution < 1.29 is 0 Å². The van der Waals surface area contributed by atoms with Crippen LogP contribution in [-0.4, -0.2) is 16.5 Å². The van der Waals surface area contributed by atoms with Crippen molar-refractivity contribution in [3.05, 3.63) is 39.6 Å². The van der Waals surface area contributed by atoms with Gasteiger partial charge < -0.3 is 5.32 Å². The molecule has 2 aromatic rings. The quantitative estimate of drug-likeness (QED) is 0.906. The molecule has 19 heavy (non-hydrogen) atoms. The van der Waals surface area contributed by atoms with Gasteiger partial charge in [-0.15, -0.1) is 0 Å². The third-order valence-electron chi connectivity index (χ3n) is 2.83. The Morgan fingerprint density at radius 3 is 2.47 bits per heavy atom. The molecule has 0 fully saturated rings. The second-order valence-electron chi connectivity index (χ2n) is 4.25. The van der Waals surface area contributed by atoms with Crippen LogP contribution in [-0.2, 0) is 0 Å². The van der Waals surface area contributed by atoms with Crippen LogP contribution in [0.3, 0.4) is 0 Å². The smallest absolute Gasteiger partial charge is 0.152 e. The van der Waals surface area contributed by atoms with E-state index in [1.165, 1.54) is 0 Å². The fourth-order valence-corrected chi connectivity index (χ4v) is 2.14. The third-order valence-corrected chi connectivity index (χ3v) is 3.40. The van der Waals surface area contributed by atoms with E-state index < -0.39 is 0 Å². The summed E-state index contributed by atoms with van der Waals surface area (Å²) in [6.07, 6.45) is 0. The molecule has 0 radical (unpaired) electrons. The van der Waals surface area contributed by atoms with E-state index in [1.807, 2.05) is 26.8 Å². The summed E-state index contributed by atoms with van der Waals surface area (Å²) in [5, 5.41) is 4.45. The number of aryl methyl sites for hydroxylation is 2. The summed E-state index contributed by atoms with van der Waals surface area (Å²) in [7, 11) is 0. The maximum Gasteiger partial charge on any atom is 0.152 e. The molecule has 0 amide bonds. The number of nitrogens with one attached hydrogen (secondary N) is 1. The van der Waals surface area contributed by atoms with Gasteiger partial charge in [-0.25, -0.2) is 9.97 Å². The second-order valence-corrected chi connectivity index (χ2v) is 5.09. The molecule has 0 aliphatic heterocycles. The van der Waals surface area contributed by atoms with Gasteiger partial charge in [0, 0.05) is 17.1 Å². The highest BCUT2D eigenvalue weighted by atomic mass is 35.5. The molecule has 100 valence electrons. The lowest BCUT2D eigenvalue weighted by molar-refractivity contribution is 1.03. The predicted molar refractivity (Wildman–Crippen MR) is 81.1 cm³/mol. The van der Waals surface area contributed by atoms with Crippen LogP contribution < -0.4 is 5.32 Å². The van der Waals surface area contributed by atoms with Crippen molar-refractivity contribution in [2.75, 3.05) is 11.9 Å². The normalized spacial score (nSPS) is 10.6. The highest BCUT2D eigenvalue weighted by Crippen LogP contribution is 2.33. The summed E-state index contributed by atoms with van der Waals surface area (Å²) in [5.41, 5.74) is 3.31. The molecule has 2 rings (SSSR count). The van der Waals surface area contributed by atoms with Crippen LogP contribution in [0.2, 0.25) is 10.0 Å². The summed E-state index contributed by atoms with van der Waals surface area (Å²) < 4.78 is 0. The largest absolute Gasteiger partial charge is 0.369 e. The number of nitrogens with zero attached hydrogens (tertiary/aromatic N) is 2. The number of anilines is 1. The molecule has 1 N–H and O–H groups in total. The van der Waals surface area contributed by atoms with Crippen LogP contribution in [0.25, 0.3) is 11.3 Å². The van der Waals surface area contributed by atoms with Gasteiger partial charge in [-0.1, -0.05) is 23.2 Å². The van der Waals surface area contributed by atoms with E-state index >= 15 is 0 Å². The van der Waals surface area contributed by atoms with Crippen molar-refractivity contribution in [3.8, 4) is 11.3 Å². The summed E-state index contributed by atoms with van der Waals surface area (Å²) in [6.45, 7) is 6.65. The first-order valence-corrected chi connectivity index (χ1v) is 6.83. The molecule has 1 aromatic carbocycles. The van der Waals surface area contributed by atoms with Crippen molar-refractivity contribution >= 4 is 29.0 Å². The molecule has 1 aromatic heterocycles. The zero-order valence-corrected chi connectivity index (χ0v) is 12.6. The maximum absolute atomic E-state index is 6.24. The highest BCUT2D eigenvalue weighted by molar-refractivity contribution is 6.35. The monoisotopic (exact) mass is 295 g/mol. The Bertz CT molecular complexity index is 612. The molecule has 0 aliphatic rings. The molecule has 3 nitrogen and oxygen atoms in total. The first-order valence-electron chi connectivity index (χ1n) is 6.07. The van der Waals surface area contributed by atoms with Gasteiger partial charge in [0.15, 0.2) is 5.82 Å². The predicted octanol–water partition coefficient (Wildman–Crippen LogP) is 4.50. The van der Waals surface area contributed by atoms with E-state index in [9.17, 15) is 0 Å². The molecular weight excluding hydrogens is 281 g/mol. The van der Waals surface area contributed by atoms with Crippen LogP contribution in [0.15, 0.2) is 18.2 Å². The first-order chi connectivity index (χ1) is 9.02. The first kappa shape index (κ1) is 14.1. The minimum atomic E-state index is 0.612. The van der Waals surface area contributed by atoms with Crippen LogP contribution in [0, 0.1) is 13.8 Å². The van der Waals surface area contributed by atoms with E-state index in [0.29, 0.717) is 10.0 Å². The average Bonchev–Trinajstić information content (AvgIpc) is 2.37. The van der Waals surface area contributed by atoms with E-state index in [1.54, 1.807) is 12.1 Å². The number of benzene rings is 1. The molecule has 0 unspecified atom stereocenters. The van der Waals surface area contributed by atoms with Gasteiger partial charge in [0.1, 0.15) is 5.69 Å². The Morgan fingerprint density at radius 1 is 1.11 bits per heavy atom. The number of hydrogen-bond acceptors (Lipinski definition) is 3. The van der Waals surface area contributed by atoms with Gasteiger partial charge in [0.25, 0.3) is 0 Å². The fraction of sp³-hybridized carbons (Fsp3) is 0.286. The van der Waals surface area contributed by atoms with Gasteiger partial charge in [0.05, 0.1) is 16.4 Å². The molecule has 1 heterocycles. The van der Waals surface area contributed by atoms with Gasteiger partial charge in [0.2, 0.25) is 0 Å². The van der Waals surface area contributed by atoms with E-state index in [0.717, 1.165) is 35.0 Å². The average molecular weight is 296 g/mol. The van der Waals surface area contributed by atoms with Gasteiger partial charge in [-0.3, -0.25) is 0 Å².